The highest BCUT2D eigenvalue weighted by molar-refractivity contribution is 8.06. The highest BCUT2D eigenvalue weighted by Crippen LogP contribution is 2.44. The molecule has 0 bridgehead atoms. The second-order valence-corrected chi connectivity index (χ2v) is 5.95. The average molecular weight is 242 g/mol. The van der Waals surface area contributed by atoms with Crippen LogP contribution >= 0.6 is 11.8 Å². The van der Waals surface area contributed by atoms with Gasteiger partial charge < -0.3 is 9.84 Å². The molecular formula is C12H18O3S. The Bertz CT molecular complexity index is 299. The molecular weight excluding hydrogens is 224 g/mol. The fraction of sp³-hybridized carbons (Fsp3) is 0.750. The fourth-order valence-electron chi connectivity index (χ4n) is 2.25. The molecule has 0 spiro atoms. The number of hydrogen-bond acceptors (Lipinski definition) is 4. The molecule has 4 heteroatoms. The Morgan fingerprint density at radius 3 is 2.75 bits per heavy atom. The van der Waals surface area contributed by atoms with Gasteiger partial charge in [-0.15, -0.1) is 0 Å². The Hall–Kier alpha value is -0.480. The number of carbonyl (C=O) groups is 1. The van der Waals surface area contributed by atoms with Crippen molar-refractivity contribution >= 4 is 17.7 Å². The Kier molecular flexibility index (Phi) is 3.60. The lowest BCUT2D eigenvalue weighted by molar-refractivity contribution is -0.155. The molecule has 1 heterocycles. The van der Waals surface area contributed by atoms with E-state index in [4.69, 9.17) is 4.74 Å². The van der Waals surface area contributed by atoms with Gasteiger partial charge in [-0.05, 0) is 26.2 Å². The van der Waals surface area contributed by atoms with Crippen LogP contribution in [0, 0.1) is 5.92 Å². The number of rotatable bonds is 3. The van der Waals surface area contributed by atoms with Gasteiger partial charge in [0.05, 0.1) is 6.10 Å². The van der Waals surface area contributed by atoms with Crippen LogP contribution in [-0.2, 0) is 9.53 Å². The van der Waals surface area contributed by atoms with Crippen LogP contribution in [0.2, 0.25) is 0 Å². The van der Waals surface area contributed by atoms with Gasteiger partial charge in [0.15, 0.2) is 0 Å². The lowest BCUT2D eigenvalue weighted by Gasteiger charge is -2.34. The van der Waals surface area contributed by atoms with Crippen LogP contribution in [0.3, 0.4) is 0 Å². The molecule has 1 aliphatic heterocycles. The highest BCUT2D eigenvalue weighted by Gasteiger charge is 2.43. The van der Waals surface area contributed by atoms with Crippen LogP contribution in [0.4, 0.5) is 0 Å². The first kappa shape index (κ1) is 12.0. The predicted molar refractivity (Wildman–Crippen MR) is 64.3 cm³/mol. The smallest absolute Gasteiger partial charge is 0.333 e. The molecule has 0 amide bonds. The van der Waals surface area contributed by atoms with Crippen molar-refractivity contribution in [2.45, 2.75) is 43.6 Å². The summed E-state index contributed by atoms with van der Waals surface area (Å²) in [4.78, 5) is 11.4. The van der Waals surface area contributed by atoms with E-state index in [1.165, 1.54) is 0 Å². The van der Waals surface area contributed by atoms with Crippen molar-refractivity contribution in [3.63, 3.8) is 0 Å². The van der Waals surface area contributed by atoms with E-state index in [0.717, 1.165) is 25.0 Å². The summed E-state index contributed by atoms with van der Waals surface area (Å²) in [5.41, 5.74) is 0.398. The van der Waals surface area contributed by atoms with Gasteiger partial charge in [0, 0.05) is 22.5 Å². The summed E-state index contributed by atoms with van der Waals surface area (Å²) in [5, 5.41) is 10.7. The van der Waals surface area contributed by atoms with Gasteiger partial charge in [0.25, 0.3) is 0 Å². The van der Waals surface area contributed by atoms with E-state index < -0.39 is 6.10 Å². The van der Waals surface area contributed by atoms with E-state index in [-0.39, 0.29) is 12.1 Å². The van der Waals surface area contributed by atoms with Crippen molar-refractivity contribution in [3.05, 3.63) is 12.2 Å². The van der Waals surface area contributed by atoms with E-state index in [0.29, 0.717) is 16.7 Å². The first-order valence-corrected chi connectivity index (χ1v) is 6.80. The summed E-state index contributed by atoms with van der Waals surface area (Å²) in [7, 11) is 0. The maximum absolute atomic E-state index is 11.4. The maximum atomic E-state index is 11.4. The zero-order chi connectivity index (χ0) is 11.7. The third kappa shape index (κ3) is 2.61. The Balaban J connectivity index is 1.93. The van der Waals surface area contributed by atoms with Crippen LogP contribution in [-0.4, -0.2) is 34.3 Å². The summed E-state index contributed by atoms with van der Waals surface area (Å²) in [6, 6.07) is 0. The number of aliphatic hydroxyl groups excluding tert-OH is 1. The van der Waals surface area contributed by atoms with Gasteiger partial charge in [0.2, 0.25) is 0 Å². The Morgan fingerprint density at radius 1 is 1.50 bits per heavy atom. The number of ether oxygens (including phenoxy) is 1. The van der Waals surface area contributed by atoms with Gasteiger partial charge in [-0.1, -0.05) is 6.58 Å². The molecule has 2 aliphatic rings. The lowest BCUT2D eigenvalue weighted by atomic mass is 9.83. The maximum Gasteiger partial charge on any atom is 0.333 e. The van der Waals surface area contributed by atoms with Gasteiger partial charge in [-0.3, -0.25) is 0 Å². The van der Waals surface area contributed by atoms with Crippen LogP contribution in [0.15, 0.2) is 12.2 Å². The minimum Gasteiger partial charge on any atom is -0.456 e. The molecule has 1 saturated carbocycles. The van der Waals surface area contributed by atoms with Crippen LogP contribution in [0.25, 0.3) is 0 Å². The largest absolute Gasteiger partial charge is 0.456 e. The molecule has 4 atom stereocenters. The number of carbonyl (C=O) groups excluding carboxylic acids is 1. The molecule has 1 N–H and O–H groups in total. The van der Waals surface area contributed by atoms with Gasteiger partial charge in [-0.25, -0.2) is 4.79 Å². The number of esters is 1. The molecule has 0 aromatic heterocycles. The molecule has 1 saturated heterocycles. The summed E-state index contributed by atoms with van der Waals surface area (Å²) in [6.45, 7) is 5.18. The minimum absolute atomic E-state index is 0.307. The number of thioether (sulfide) groups is 1. The number of hydrogen-bond donors (Lipinski definition) is 1. The summed E-state index contributed by atoms with van der Waals surface area (Å²) in [5.74, 6) is 1.07. The predicted octanol–water partition coefficient (Wildman–Crippen LogP) is 1.75. The van der Waals surface area contributed by atoms with E-state index in [1.54, 1.807) is 6.92 Å². The van der Waals surface area contributed by atoms with Crippen LogP contribution in [0.5, 0.6) is 0 Å². The molecule has 90 valence electrons. The topological polar surface area (TPSA) is 46.5 Å². The lowest BCUT2D eigenvalue weighted by Crippen LogP contribution is -2.42. The van der Waals surface area contributed by atoms with Gasteiger partial charge in [-0.2, -0.15) is 11.8 Å². The van der Waals surface area contributed by atoms with Crippen LogP contribution < -0.4 is 0 Å². The van der Waals surface area contributed by atoms with Gasteiger partial charge in [0.1, 0.15) is 6.10 Å². The summed E-state index contributed by atoms with van der Waals surface area (Å²) < 4.78 is 5.28. The molecule has 4 unspecified atom stereocenters. The molecule has 16 heavy (non-hydrogen) atoms. The average Bonchev–Trinajstić information content (AvgIpc) is 3.04. The second-order valence-electron chi connectivity index (χ2n) is 4.68. The van der Waals surface area contributed by atoms with E-state index in [9.17, 15) is 9.90 Å². The number of aliphatic hydroxyl groups is 1. The SMILES string of the molecule is C=C(C)C(=O)OC1CCCC(C2CS2)C1O. The zero-order valence-corrected chi connectivity index (χ0v) is 10.3. The molecule has 2 fully saturated rings. The third-order valence-electron chi connectivity index (χ3n) is 3.29. The van der Waals surface area contributed by atoms with E-state index in [1.807, 2.05) is 11.8 Å². The monoisotopic (exact) mass is 242 g/mol. The van der Waals surface area contributed by atoms with Gasteiger partial charge >= 0.3 is 5.97 Å². The third-order valence-corrected chi connectivity index (χ3v) is 4.36. The molecule has 0 aromatic rings. The van der Waals surface area contributed by atoms with Crippen molar-refractivity contribution in [3.8, 4) is 0 Å². The zero-order valence-electron chi connectivity index (χ0n) is 9.52. The second kappa shape index (κ2) is 4.80. The molecule has 2 rings (SSSR count). The minimum atomic E-state index is -0.489. The molecule has 0 aromatic carbocycles. The van der Waals surface area contributed by atoms with Crippen molar-refractivity contribution in [1.82, 2.24) is 0 Å². The Morgan fingerprint density at radius 2 is 2.19 bits per heavy atom. The van der Waals surface area contributed by atoms with E-state index >= 15 is 0 Å². The molecule has 0 radical (unpaired) electrons. The Labute approximate surface area is 100 Å². The van der Waals surface area contributed by atoms with E-state index in [2.05, 4.69) is 6.58 Å². The highest BCUT2D eigenvalue weighted by atomic mass is 32.2. The normalized spacial score (nSPS) is 37.9. The quantitative estimate of drug-likeness (QED) is 0.465. The van der Waals surface area contributed by atoms with Crippen LogP contribution in [0.1, 0.15) is 26.2 Å². The fourth-order valence-corrected chi connectivity index (χ4v) is 3.15. The molecule has 3 nitrogen and oxygen atoms in total. The first-order valence-electron chi connectivity index (χ1n) is 5.75. The summed E-state index contributed by atoms with van der Waals surface area (Å²) in [6.07, 6.45) is 2.04. The standard InChI is InChI=1S/C12H18O3S/c1-7(2)12(14)15-9-5-3-4-8(11(9)13)10-6-16-10/h8-11,13H,1,3-6H2,2H3. The van der Waals surface area contributed by atoms with Crippen molar-refractivity contribution < 1.29 is 14.6 Å². The van der Waals surface area contributed by atoms with Crippen molar-refractivity contribution in [2.75, 3.05) is 5.75 Å². The van der Waals surface area contributed by atoms with Crippen molar-refractivity contribution in [2.24, 2.45) is 5.92 Å². The first-order chi connectivity index (χ1) is 7.59. The van der Waals surface area contributed by atoms with Crippen molar-refractivity contribution in [1.29, 1.82) is 0 Å². The molecule has 1 aliphatic carbocycles. The summed E-state index contributed by atoms with van der Waals surface area (Å²) >= 11 is 1.89.